The first kappa shape index (κ1) is 41.0. The summed E-state index contributed by atoms with van der Waals surface area (Å²) in [4.78, 5) is 57.7. The van der Waals surface area contributed by atoms with Crippen molar-refractivity contribution in [3.8, 4) is 73.3 Å². The number of amides is 4. The van der Waals surface area contributed by atoms with Crippen LogP contribution in [0.1, 0.15) is 47.0 Å². The number of carbonyl (C=O) groups is 4. The molecular weight excluding hydrogens is 811 g/mol. The number of carbonyl (C=O) groups excluding carboxylic acids is 4. The average molecular weight is 852 g/mol. The van der Waals surface area contributed by atoms with Crippen LogP contribution in [0.15, 0.2) is 127 Å². The smallest absolute Gasteiger partial charge is 0.266 e. The van der Waals surface area contributed by atoms with E-state index in [0.29, 0.717) is 62.0 Å². The Labute approximate surface area is 368 Å². The Morgan fingerprint density at radius 3 is 1.30 bits per heavy atom. The number of imide groups is 2. The van der Waals surface area contributed by atoms with E-state index in [-0.39, 0.29) is 28.3 Å². The fraction of sp³-hybridized carbons (Fsp3) is 0.115. The van der Waals surface area contributed by atoms with Crippen molar-refractivity contribution in [2.45, 2.75) is 6.92 Å². The molecule has 64 heavy (non-hydrogen) atoms. The minimum absolute atomic E-state index is 0.245. The molecule has 7 aromatic rings. The monoisotopic (exact) mass is 851 g/mol. The largest absolute Gasteiger partial charge is 0.496 e. The van der Waals surface area contributed by atoms with E-state index in [1.807, 2.05) is 55.5 Å². The van der Waals surface area contributed by atoms with Gasteiger partial charge in [-0.05, 0) is 89.8 Å². The number of aryl methyl sites for hydroxylation is 1. The van der Waals surface area contributed by atoms with Crippen molar-refractivity contribution in [3.05, 3.63) is 155 Å². The molecule has 0 aliphatic carbocycles. The number of methoxy groups -OCH3 is 5. The molecule has 2 aliphatic rings. The van der Waals surface area contributed by atoms with E-state index in [1.165, 1.54) is 35.5 Å². The van der Waals surface area contributed by atoms with Crippen molar-refractivity contribution in [1.29, 1.82) is 0 Å². The van der Waals surface area contributed by atoms with Gasteiger partial charge in [-0.25, -0.2) is 9.80 Å². The van der Waals surface area contributed by atoms with Gasteiger partial charge in [0.15, 0.2) is 11.5 Å². The van der Waals surface area contributed by atoms with Crippen LogP contribution in [0.4, 0.5) is 17.1 Å². The van der Waals surface area contributed by atoms with Crippen LogP contribution < -0.4 is 39.2 Å². The second-order valence-electron chi connectivity index (χ2n) is 15.2. The van der Waals surface area contributed by atoms with Gasteiger partial charge < -0.3 is 29.4 Å². The van der Waals surface area contributed by atoms with Crippen molar-refractivity contribution in [3.63, 3.8) is 0 Å². The molecule has 12 heteroatoms. The maximum Gasteiger partial charge on any atom is 0.266 e. The van der Waals surface area contributed by atoms with Crippen LogP contribution in [-0.2, 0) is 0 Å². The predicted molar refractivity (Wildman–Crippen MR) is 245 cm³/mol. The highest BCUT2D eigenvalue weighted by Gasteiger charge is 2.39. The molecule has 0 fully saturated rings. The lowest BCUT2D eigenvalue weighted by Gasteiger charge is -2.23. The Hall–Kier alpha value is -8.38. The molecule has 4 amide bonds. The summed E-state index contributed by atoms with van der Waals surface area (Å²) in [7, 11) is 7.47. The van der Waals surface area contributed by atoms with Gasteiger partial charge in [-0.1, -0.05) is 54.1 Å². The molecule has 2 aliphatic heterocycles. The number of anilines is 3. The molecule has 0 aromatic heterocycles. The fourth-order valence-corrected chi connectivity index (χ4v) is 8.44. The van der Waals surface area contributed by atoms with Crippen molar-refractivity contribution in [2.75, 3.05) is 51.1 Å². The van der Waals surface area contributed by atoms with Crippen LogP contribution in [-0.4, -0.2) is 59.2 Å². The van der Waals surface area contributed by atoms with E-state index in [0.717, 1.165) is 37.6 Å². The highest BCUT2D eigenvalue weighted by atomic mass is 16.5. The molecule has 12 nitrogen and oxygen atoms in total. The van der Waals surface area contributed by atoms with Crippen LogP contribution in [0.25, 0.3) is 44.5 Å². The maximum absolute atomic E-state index is 14.0. The van der Waals surface area contributed by atoms with E-state index in [1.54, 1.807) is 78.9 Å². The van der Waals surface area contributed by atoms with Crippen LogP contribution >= 0.6 is 0 Å². The first-order valence-electron chi connectivity index (χ1n) is 20.2. The zero-order valence-electron chi connectivity index (χ0n) is 35.8. The standard InChI is InChI=1S/C52H41N3O9/c1-28-7-9-29(10-8-28)31-13-18-38-41(23-31)51(58)54(49(38)56)34-17-20-36(43(25-34)60-2)37-21-22-40(48(64-6)47(37)63-5)46-44(61-3)26-35(27-45(46)62-4)55-50(57)39-19-14-32(24-42(39)52(55)59)30-11-15-33(53)16-12-30/h7-27H,53H2,1-6H3. The molecule has 0 saturated heterocycles. The first-order valence-corrected chi connectivity index (χ1v) is 20.2. The van der Waals surface area contributed by atoms with E-state index < -0.39 is 23.6 Å². The Bertz CT molecular complexity index is 3060. The Balaban J connectivity index is 1.05. The van der Waals surface area contributed by atoms with Crippen LogP contribution in [0, 0.1) is 6.92 Å². The van der Waals surface area contributed by atoms with E-state index in [2.05, 4.69) is 0 Å². The van der Waals surface area contributed by atoms with Crippen LogP contribution in [0.5, 0.6) is 28.7 Å². The summed E-state index contributed by atoms with van der Waals surface area (Å²) in [6.07, 6.45) is 0. The second kappa shape index (κ2) is 16.1. The van der Waals surface area contributed by atoms with Gasteiger partial charge in [0.25, 0.3) is 23.6 Å². The third kappa shape index (κ3) is 6.63. The molecule has 0 bridgehead atoms. The molecule has 0 radical (unpaired) electrons. The highest BCUT2D eigenvalue weighted by molar-refractivity contribution is 6.35. The Morgan fingerprint density at radius 2 is 0.781 bits per heavy atom. The molecule has 318 valence electrons. The number of hydrogen-bond acceptors (Lipinski definition) is 10. The number of hydrogen-bond donors (Lipinski definition) is 1. The Kier molecular flexibility index (Phi) is 10.3. The van der Waals surface area contributed by atoms with Crippen LogP contribution in [0.2, 0.25) is 0 Å². The van der Waals surface area contributed by atoms with Gasteiger partial charge in [0.2, 0.25) is 0 Å². The van der Waals surface area contributed by atoms with Crippen molar-refractivity contribution < 1.29 is 42.9 Å². The van der Waals surface area contributed by atoms with Crippen LogP contribution in [0.3, 0.4) is 0 Å². The summed E-state index contributed by atoms with van der Waals surface area (Å²) in [5.74, 6) is -0.263. The predicted octanol–water partition coefficient (Wildman–Crippen LogP) is 9.89. The van der Waals surface area contributed by atoms with Gasteiger partial charge in [0.05, 0.1) is 74.7 Å². The Morgan fingerprint density at radius 1 is 0.375 bits per heavy atom. The maximum atomic E-state index is 14.0. The number of fused-ring (bicyclic) bond motifs is 2. The number of ether oxygens (including phenoxy) is 5. The van der Waals surface area contributed by atoms with Gasteiger partial charge in [0.1, 0.15) is 17.2 Å². The molecule has 7 aromatic carbocycles. The zero-order chi connectivity index (χ0) is 45.0. The molecule has 0 unspecified atom stereocenters. The normalized spacial score (nSPS) is 13.0. The highest BCUT2D eigenvalue weighted by Crippen LogP contribution is 2.52. The van der Waals surface area contributed by atoms with Crippen molar-refractivity contribution in [2.24, 2.45) is 0 Å². The summed E-state index contributed by atoms with van der Waals surface area (Å²) in [5, 5.41) is 0. The minimum Gasteiger partial charge on any atom is -0.496 e. The quantitative estimate of drug-likeness (QED) is 0.0986. The molecular formula is C52H41N3O9. The van der Waals surface area contributed by atoms with Gasteiger partial charge in [-0.2, -0.15) is 0 Å². The third-order valence-corrected chi connectivity index (χ3v) is 11.7. The summed E-state index contributed by atoms with van der Waals surface area (Å²) < 4.78 is 29.8. The summed E-state index contributed by atoms with van der Waals surface area (Å²) >= 11 is 0. The molecule has 0 spiro atoms. The SMILES string of the molecule is COc1cc(N2C(=O)c3ccc(-c4ccc(C)cc4)cc3C2=O)ccc1-c1ccc(-c2c(OC)cc(N3C(=O)c4ccc(-c5ccc(N)cc5)cc4C3=O)cc2OC)c(OC)c1OC. The lowest BCUT2D eigenvalue weighted by atomic mass is 9.95. The summed E-state index contributed by atoms with van der Waals surface area (Å²) in [6, 6.07) is 37.6. The lowest BCUT2D eigenvalue weighted by molar-refractivity contribution is 0.0910. The molecule has 0 atom stereocenters. The van der Waals surface area contributed by atoms with Gasteiger partial charge >= 0.3 is 0 Å². The lowest BCUT2D eigenvalue weighted by Crippen LogP contribution is -2.29. The number of rotatable bonds is 11. The second-order valence-corrected chi connectivity index (χ2v) is 15.2. The van der Waals surface area contributed by atoms with Gasteiger partial charge in [-0.3, -0.25) is 19.2 Å². The van der Waals surface area contributed by atoms with E-state index in [4.69, 9.17) is 29.4 Å². The third-order valence-electron chi connectivity index (χ3n) is 11.7. The minimum atomic E-state index is -0.493. The van der Waals surface area contributed by atoms with Crippen molar-refractivity contribution >= 4 is 40.7 Å². The fourth-order valence-electron chi connectivity index (χ4n) is 8.44. The number of nitrogens with zero attached hydrogens (tertiary/aromatic N) is 2. The van der Waals surface area contributed by atoms with Crippen molar-refractivity contribution in [1.82, 2.24) is 0 Å². The molecule has 2 heterocycles. The van der Waals surface area contributed by atoms with E-state index >= 15 is 0 Å². The first-order chi connectivity index (χ1) is 31.0. The number of nitrogen functional groups attached to an aromatic ring is 1. The molecule has 0 saturated carbocycles. The number of benzene rings is 7. The van der Waals surface area contributed by atoms with Gasteiger partial charge in [-0.15, -0.1) is 0 Å². The molecule has 2 N–H and O–H groups in total. The van der Waals surface area contributed by atoms with E-state index in [9.17, 15) is 19.2 Å². The summed E-state index contributed by atoms with van der Waals surface area (Å²) in [5.41, 5.74) is 14.9. The topological polar surface area (TPSA) is 147 Å². The number of nitrogens with two attached hydrogens (primary N) is 1. The zero-order valence-corrected chi connectivity index (χ0v) is 35.8. The average Bonchev–Trinajstić information content (AvgIpc) is 3.73. The van der Waals surface area contributed by atoms with Gasteiger partial charge in [0, 0.05) is 40.6 Å². The summed E-state index contributed by atoms with van der Waals surface area (Å²) in [6.45, 7) is 2.01. The molecule has 9 rings (SSSR count).